The Kier molecular flexibility index (Phi) is 6.33. The number of carboxylic acids is 1. The van der Waals surface area contributed by atoms with Gasteiger partial charge in [-0.1, -0.05) is 18.5 Å². The smallest absolute Gasteiger partial charge is 0.337 e. The number of carboxylic acid groups (broad SMARTS) is 1. The lowest BCUT2D eigenvalue weighted by molar-refractivity contribution is 0.0696. The van der Waals surface area contributed by atoms with E-state index in [4.69, 9.17) is 16.7 Å². The Morgan fingerprint density at radius 1 is 1.55 bits per heavy atom. The van der Waals surface area contributed by atoms with E-state index in [2.05, 4.69) is 20.7 Å². The van der Waals surface area contributed by atoms with Gasteiger partial charge in [-0.3, -0.25) is 0 Å². The van der Waals surface area contributed by atoms with Crippen LogP contribution in [-0.4, -0.2) is 37.5 Å². The van der Waals surface area contributed by atoms with Crippen molar-refractivity contribution in [2.45, 2.75) is 17.1 Å². The van der Waals surface area contributed by atoms with Gasteiger partial charge in [0.15, 0.2) is 0 Å². The molecular formula is C11H13BrClNO4S2. The molecule has 5 nitrogen and oxygen atoms in total. The minimum absolute atomic E-state index is 0.0334. The molecule has 0 aromatic heterocycles. The Bertz CT molecular complexity index is 621. The number of carbonyl (C=O) groups is 1. The first-order valence-corrected chi connectivity index (χ1v) is 9.38. The summed E-state index contributed by atoms with van der Waals surface area (Å²) in [7, 11) is -3.78. The van der Waals surface area contributed by atoms with Crippen LogP contribution in [0.2, 0.25) is 5.02 Å². The fourth-order valence-electron chi connectivity index (χ4n) is 1.27. The maximum Gasteiger partial charge on any atom is 0.337 e. The molecule has 0 fully saturated rings. The van der Waals surface area contributed by atoms with Gasteiger partial charge in [-0.25, -0.2) is 17.9 Å². The van der Waals surface area contributed by atoms with Gasteiger partial charge in [-0.2, -0.15) is 11.8 Å². The minimum atomic E-state index is -3.78. The summed E-state index contributed by atoms with van der Waals surface area (Å²) in [6.45, 7) is 2.14. The molecule has 0 spiro atoms. The van der Waals surface area contributed by atoms with E-state index in [1.54, 1.807) is 0 Å². The van der Waals surface area contributed by atoms with Gasteiger partial charge in [0.25, 0.3) is 0 Å². The first-order valence-electron chi connectivity index (χ1n) is 5.44. The fraction of sp³-hybridized carbons (Fsp3) is 0.364. The summed E-state index contributed by atoms with van der Waals surface area (Å²) in [5.74, 6) is -1.29. The third kappa shape index (κ3) is 4.36. The molecular weight excluding hydrogens is 390 g/mol. The molecule has 9 heteroatoms. The van der Waals surface area contributed by atoms with E-state index in [1.165, 1.54) is 17.8 Å². The number of benzene rings is 1. The number of thioether (sulfide) groups is 1. The highest BCUT2D eigenvalue weighted by molar-refractivity contribution is 9.10. The summed E-state index contributed by atoms with van der Waals surface area (Å²) >= 11 is 10.4. The number of halogens is 2. The Labute approximate surface area is 135 Å². The number of rotatable bonds is 6. The van der Waals surface area contributed by atoms with Crippen molar-refractivity contribution in [3.63, 3.8) is 0 Å². The first-order chi connectivity index (χ1) is 9.19. The molecule has 0 heterocycles. The molecule has 0 aliphatic rings. The third-order valence-corrected chi connectivity index (χ3v) is 6.14. The number of sulfonamides is 1. The molecule has 1 rings (SSSR count). The highest BCUT2D eigenvalue weighted by Gasteiger charge is 2.21. The van der Waals surface area contributed by atoms with Gasteiger partial charge in [0.2, 0.25) is 10.0 Å². The van der Waals surface area contributed by atoms with E-state index in [-0.39, 0.29) is 31.7 Å². The summed E-state index contributed by atoms with van der Waals surface area (Å²) < 4.78 is 26.9. The molecule has 2 N–H and O–H groups in total. The molecule has 1 unspecified atom stereocenters. The number of aromatic carboxylic acids is 1. The van der Waals surface area contributed by atoms with Crippen LogP contribution in [0.3, 0.4) is 0 Å². The monoisotopic (exact) mass is 401 g/mol. The summed E-state index contributed by atoms with van der Waals surface area (Å²) in [6, 6.07) is 2.32. The molecule has 0 saturated heterocycles. The topological polar surface area (TPSA) is 83.5 Å². The van der Waals surface area contributed by atoms with Crippen molar-refractivity contribution < 1.29 is 18.3 Å². The zero-order valence-electron chi connectivity index (χ0n) is 10.7. The van der Waals surface area contributed by atoms with Crippen molar-refractivity contribution in [1.82, 2.24) is 4.72 Å². The van der Waals surface area contributed by atoms with E-state index in [0.717, 1.165) is 6.07 Å². The summed E-state index contributed by atoms with van der Waals surface area (Å²) in [5, 5.41) is 9.09. The van der Waals surface area contributed by atoms with Gasteiger partial charge >= 0.3 is 5.97 Å². The molecule has 1 aromatic carbocycles. The molecule has 0 aliphatic heterocycles. The van der Waals surface area contributed by atoms with E-state index in [1.807, 2.05) is 13.2 Å². The van der Waals surface area contributed by atoms with Crippen LogP contribution >= 0.6 is 39.3 Å². The average Bonchev–Trinajstić information content (AvgIpc) is 2.38. The predicted molar refractivity (Wildman–Crippen MR) is 84.3 cm³/mol. The number of hydrogen-bond donors (Lipinski definition) is 2. The van der Waals surface area contributed by atoms with Crippen LogP contribution in [0.4, 0.5) is 0 Å². The fourth-order valence-corrected chi connectivity index (χ4v) is 3.61. The summed E-state index contributed by atoms with van der Waals surface area (Å²) in [5.41, 5.74) is -0.265. The van der Waals surface area contributed by atoms with Gasteiger partial charge < -0.3 is 5.11 Å². The maximum atomic E-state index is 12.1. The SMILES string of the molecule is CSC(C)CNS(=O)(=O)c1cc(Br)c(Cl)c(C(=O)O)c1. The van der Waals surface area contributed by atoms with Crippen LogP contribution in [0, 0.1) is 0 Å². The second-order valence-electron chi connectivity index (χ2n) is 3.97. The van der Waals surface area contributed by atoms with Crippen molar-refractivity contribution >= 4 is 55.3 Å². The van der Waals surface area contributed by atoms with Gasteiger partial charge in [0, 0.05) is 16.3 Å². The summed E-state index contributed by atoms with van der Waals surface area (Å²) in [4.78, 5) is 10.9. The molecule has 0 saturated carbocycles. The standard InChI is InChI=1S/C11H13BrClNO4S2/c1-6(19-2)5-14-20(17,18)7-3-8(11(15)16)10(13)9(12)4-7/h3-4,6,14H,5H2,1-2H3,(H,15,16). The Hall–Kier alpha value is -0.280. The summed E-state index contributed by atoms with van der Waals surface area (Å²) in [6.07, 6.45) is 1.88. The van der Waals surface area contributed by atoms with E-state index in [0.29, 0.717) is 0 Å². The zero-order valence-corrected chi connectivity index (χ0v) is 14.7. The van der Waals surface area contributed by atoms with E-state index < -0.39 is 16.0 Å². The lowest BCUT2D eigenvalue weighted by Crippen LogP contribution is -2.29. The minimum Gasteiger partial charge on any atom is -0.478 e. The Morgan fingerprint density at radius 2 is 2.15 bits per heavy atom. The van der Waals surface area contributed by atoms with Crippen molar-refractivity contribution in [2.75, 3.05) is 12.8 Å². The predicted octanol–water partition coefficient (Wildman–Crippen LogP) is 2.83. The van der Waals surface area contributed by atoms with Crippen molar-refractivity contribution in [1.29, 1.82) is 0 Å². The maximum absolute atomic E-state index is 12.1. The van der Waals surface area contributed by atoms with Crippen molar-refractivity contribution in [3.05, 3.63) is 27.2 Å². The molecule has 112 valence electrons. The molecule has 1 atom stereocenters. The number of nitrogens with one attached hydrogen (secondary N) is 1. The van der Waals surface area contributed by atoms with E-state index in [9.17, 15) is 13.2 Å². The van der Waals surface area contributed by atoms with Gasteiger partial charge in [0.1, 0.15) is 0 Å². The molecule has 0 bridgehead atoms. The lowest BCUT2D eigenvalue weighted by atomic mass is 10.2. The largest absolute Gasteiger partial charge is 0.478 e. The molecule has 0 amide bonds. The van der Waals surface area contributed by atoms with Crippen LogP contribution < -0.4 is 4.72 Å². The van der Waals surface area contributed by atoms with Crippen molar-refractivity contribution in [3.8, 4) is 0 Å². The quantitative estimate of drug-likeness (QED) is 0.764. The van der Waals surface area contributed by atoms with Crippen LogP contribution in [0.5, 0.6) is 0 Å². The van der Waals surface area contributed by atoms with Gasteiger partial charge in [0.05, 0.1) is 15.5 Å². The van der Waals surface area contributed by atoms with Crippen LogP contribution in [0.1, 0.15) is 17.3 Å². The average molecular weight is 403 g/mol. The lowest BCUT2D eigenvalue weighted by Gasteiger charge is -2.12. The first kappa shape index (κ1) is 17.8. The second kappa shape index (κ2) is 7.13. The Balaban J connectivity index is 3.16. The third-order valence-electron chi connectivity index (χ3n) is 2.51. The highest BCUT2D eigenvalue weighted by atomic mass is 79.9. The molecule has 0 aliphatic carbocycles. The molecule has 1 aromatic rings. The highest BCUT2D eigenvalue weighted by Crippen LogP contribution is 2.29. The second-order valence-corrected chi connectivity index (χ2v) is 8.25. The van der Waals surface area contributed by atoms with Gasteiger partial charge in [-0.05, 0) is 34.3 Å². The van der Waals surface area contributed by atoms with Crippen LogP contribution in [0.15, 0.2) is 21.5 Å². The van der Waals surface area contributed by atoms with Crippen molar-refractivity contribution in [2.24, 2.45) is 0 Å². The molecule has 20 heavy (non-hydrogen) atoms. The normalized spacial score (nSPS) is 13.2. The van der Waals surface area contributed by atoms with Gasteiger partial charge in [-0.15, -0.1) is 0 Å². The Morgan fingerprint density at radius 3 is 2.65 bits per heavy atom. The van der Waals surface area contributed by atoms with E-state index >= 15 is 0 Å². The molecule has 0 radical (unpaired) electrons. The zero-order chi connectivity index (χ0) is 15.5. The number of hydrogen-bond acceptors (Lipinski definition) is 4. The van der Waals surface area contributed by atoms with Crippen LogP contribution in [0.25, 0.3) is 0 Å². The van der Waals surface area contributed by atoms with Crippen LogP contribution in [-0.2, 0) is 10.0 Å².